The van der Waals surface area contributed by atoms with Gasteiger partial charge in [-0.15, -0.1) is 12.6 Å². The topological polar surface area (TPSA) is 111 Å². The molecule has 0 radical (unpaired) electrons. The third-order valence-corrected chi connectivity index (χ3v) is 10.5. The van der Waals surface area contributed by atoms with Gasteiger partial charge < -0.3 is 20.3 Å². The average molecular weight is 557 g/mol. The number of hydrogen-bond donors (Lipinski definition) is 3. The number of aliphatic hydroxyl groups excluding tert-OH is 1. The number of carbonyl (C=O) groups is 2. The predicted octanol–water partition coefficient (Wildman–Crippen LogP) is 4.67. The highest BCUT2D eigenvalue weighted by Crippen LogP contribution is 2.68. The van der Waals surface area contributed by atoms with Crippen molar-refractivity contribution in [3.8, 4) is 0 Å². The summed E-state index contributed by atoms with van der Waals surface area (Å²) >= 11 is 4.21. The van der Waals surface area contributed by atoms with Crippen LogP contribution < -0.4 is 5.73 Å². The van der Waals surface area contributed by atoms with Crippen LogP contribution in [0.15, 0.2) is 52.7 Å². The summed E-state index contributed by atoms with van der Waals surface area (Å²) in [5, 5.41) is 11.3. The minimum absolute atomic E-state index is 0.0570. The summed E-state index contributed by atoms with van der Waals surface area (Å²) in [6.45, 7) is 3.93. The Labute approximate surface area is 234 Å². The summed E-state index contributed by atoms with van der Waals surface area (Å²) in [5.41, 5.74) is 7.12. The van der Waals surface area contributed by atoms with Crippen molar-refractivity contribution in [3.05, 3.63) is 53.5 Å². The van der Waals surface area contributed by atoms with Gasteiger partial charge >= 0.3 is 5.97 Å². The third-order valence-electron chi connectivity index (χ3n) is 10.2. The second kappa shape index (κ2) is 10.2. The molecule has 9 heteroatoms. The lowest BCUT2D eigenvalue weighted by Crippen LogP contribution is -2.62. The van der Waals surface area contributed by atoms with Gasteiger partial charge in [-0.25, -0.2) is 14.2 Å². The summed E-state index contributed by atoms with van der Waals surface area (Å²) in [6.07, 6.45) is 6.66. The molecule has 210 valence electrons. The van der Waals surface area contributed by atoms with E-state index in [2.05, 4.69) is 25.6 Å². The fraction of sp³-hybridized carbons (Fsp3) is 0.567. The van der Waals surface area contributed by atoms with Gasteiger partial charge in [-0.05, 0) is 104 Å². The maximum atomic E-state index is 13.4. The number of ether oxygens (including phenoxy) is 2. The number of benzene rings is 1. The van der Waals surface area contributed by atoms with E-state index in [9.17, 15) is 19.1 Å². The van der Waals surface area contributed by atoms with Crippen LogP contribution in [-0.2, 0) is 19.1 Å². The Bertz CT molecular complexity index is 1260. The van der Waals surface area contributed by atoms with Gasteiger partial charge in [-0.3, -0.25) is 4.79 Å². The quantitative estimate of drug-likeness (QED) is 0.359. The third kappa shape index (κ3) is 4.37. The van der Waals surface area contributed by atoms with Crippen molar-refractivity contribution >= 4 is 35.1 Å². The zero-order chi connectivity index (χ0) is 28.2. The second-order valence-corrected chi connectivity index (χ2v) is 12.4. The maximum absolute atomic E-state index is 13.4. The van der Waals surface area contributed by atoms with E-state index >= 15 is 0 Å². The van der Waals surface area contributed by atoms with Crippen molar-refractivity contribution < 1.29 is 28.6 Å². The van der Waals surface area contributed by atoms with Crippen molar-refractivity contribution in [3.63, 3.8) is 0 Å². The maximum Gasteiger partial charge on any atom is 0.333 e. The van der Waals surface area contributed by atoms with Crippen LogP contribution in [0.3, 0.4) is 0 Å². The predicted molar refractivity (Wildman–Crippen MR) is 149 cm³/mol. The number of carbonyl (C=O) groups excluding carboxylic acids is 2. The van der Waals surface area contributed by atoms with E-state index in [-0.39, 0.29) is 35.6 Å². The molecule has 7 atom stereocenters. The number of aliphatic imine (C=N–C) groups is 1. The summed E-state index contributed by atoms with van der Waals surface area (Å²) in [4.78, 5) is 30.3. The molecule has 0 bridgehead atoms. The van der Waals surface area contributed by atoms with Crippen molar-refractivity contribution in [1.82, 2.24) is 0 Å². The number of allylic oxidation sites excluding steroid dienone is 3. The van der Waals surface area contributed by atoms with E-state index in [0.717, 1.165) is 24.1 Å². The number of hydrogen-bond acceptors (Lipinski definition) is 7. The fourth-order valence-corrected chi connectivity index (χ4v) is 8.89. The largest absolute Gasteiger partial charge is 0.448 e. The normalized spacial score (nSPS) is 39.5. The molecule has 3 fully saturated rings. The van der Waals surface area contributed by atoms with Crippen molar-refractivity contribution in [2.24, 2.45) is 39.3 Å². The molecule has 0 saturated heterocycles. The number of nitrogens with two attached hydrogens (primary N) is 1. The number of rotatable bonds is 5. The van der Waals surface area contributed by atoms with Crippen LogP contribution in [0.25, 0.3) is 0 Å². The van der Waals surface area contributed by atoms with Crippen molar-refractivity contribution in [2.75, 3.05) is 13.7 Å². The lowest BCUT2D eigenvalue weighted by Gasteiger charge is -2.60. The zero-order valence-electron chi connectivity index (χ0n) is 22.7. The van der Waals surface area contributed by atoms with E-state index in [4.69, 9.17) is 20.2 Å². The molecule has 0 aromatic heterocycles. The van der Waals surface area contributed by atoms with Gasteiger partial charge in [0.05, 0.1) is 17.5 Å². The number of nitrogens with zero attached hydrogens (tertiary/aromatic N) is 1. The molecular formula is C30H37FN2O5S. The molecule has 39 heavy (non-hydrogen) atoms. The minimum Gasteiger partial charge on any atom is -0.448 e. The molecular weight excluding hydrogens is 519 g/mol. The molecule has 1 aromatic carbocycles. The van der Waals surface area contributed by atoms with Crippen LogP contribution in [0.2, 0.25) is 0 Å². The van der Waals surface area contributed by atoms with Crippen molar-refractivity contribution in [1.29, 1.82) is 0 Å². The van der Waals surface area contributed by atoms with Gasteiger partial charge in [-0.2, -0.15) is 0 Å². The molecule has 3 N–H and O–H groups in total. The standard InChI is InChI=1S/C30H37FN2O5S/c1-28-13-17(15-32)23(33-20-7-5-19(31)6-8-20)12-18(28)4-9-21-22-10-11-30(27(36)39,38-25(35)16-37-3)29(22,2)14-24(34)26(21)28/h5-8,12,15,21-22,24,26,34H,4,9-11,13-14,16,32H2,1-3H3,(H,36,39). The number of aliphatic hydroxyl groups is 1. The Morgan fingerprint density at radius 1 is 1.26 bits per heavy atom. The van der Waals surface area contributed by atoms with Crippen LogP contribution in [0.1, 0.15) is 52.4 Å². The molecule has 0 heterocycles. The number of thiol groups is 1. The van der Waals surface area contributed by atoms with Gasteiger partial charge in [0.15, 0.2) is 5.60 Å². The molecule has 0 amide bonds. The molecule has 5 rings (SSSR count). The Morgan fingerprint density at radius 2 is 1.97 bits per heavy atom. The fourth-order valence-electron chi connectivity index (χ4n) is 8.48. The van der Waals surface area contributed by atoms with Crippen LogP contribution in [0, 0.1) is 34.4 Å². The number of methoxy groups -OCH3 is 1. The first kappa shape index (κ1) is 28.1. The first-order valence-corrected chi connectivity index (χ1v) is 14.0. The molecule has 0 aliphatic heterocycles. The molecule has 7 nitrogen and oxygen atoms in total. The van der Waals surface area contributed by atoms with E-state index in [1.807, 2.05) is 6.92 Å². The zero-order valence-corrected chi connectivity index (χ0v) is 23.5. The smallest absolute Gasteiger partial charge is 0.333 e. The number of halogens is 1. The first-order chi connectivity index (χ1) is 18.5. The van der Waals surface area contributed by atoms with Gasteiger partial charge in [0.2, 0.25) is 5.12 Å². The van der Waals surface area contributed by atoms with E-state index in [1.165, 1.54) is 24.8 Å². The van der Waals surface area contributed by atoms with Gasteiger partial charge in [0.25, 0.3) is 0 Å². The number of esters is 1. The molecule has 4 aliphatic carbocycles. The molecule has 3 saturated carbocycles. The highest BCUT2D eigenvalue weighted by molar-refractivity contribution is 7.96. The van der Waals surface area contributed by atoms with Gasteiger partial charge in [-0.1, -0.05) is 19.4 Å². The molecule has 1 aromatic rings. The van der Waals surface area contributed by atoms with E-state index in [0.29, 0.717) is 31.4 Å². The summed E-state index contributed by atoms with van der Waals surface area (Å²) < 4.78 is 24.2. The highest BCUT2D eigenvalue weighted by atomic mass is 32.1. The van der Waals surface area contributed by atoms with Crippen molar-refractivity contribution in [2.45, 2.75) is 64.1 Å². The lowest BCUT2D eigenvalue weighted by atomic mass is 9.45. The van der Waals surface area contributed by atoms with Gasteiger partial charge in [0, 0.05) is 12.5 Å². The van der Waals surface area contributed by atoms with Gasteiger partial charge in [0.1, 0.15) is 12.4 Å². The molecule has 7 unspecified atom stereocenters. The van der Waals surface area contributed by atoms with Crippen LogP contribution in [0.5, 0.6) is 0 Å². The van der Waals surface area contributed by atoms with E-state index < -0.39 is 28.2 Å². The lowest BCUT2D eigenvalue weighted by molar-refractivity contribution is -0.198. The number of fused-ring (bicyclic) bond motifs is 5. The monoisotopic (exact) mass is 556 g/mol. The molecule has 4 aliphatic rings. The second-order valence-electron chi connectivity index (χ2n) is 12.0. The Kier molecular flexibility index (Phi) is 7.31. The highest BCUT2D eigenvalue weighted by Gasteiger charge is 2.70. The Balaban J connectivity index is 1.50. The Morgan fingerprint density at radius 3 is 2.62 bits per heavy atom. The minimum atomic E-state index is -1.40. The first-order valence-electron chi connectivity index (χ1n) is 13.6. The van der Waals surface area contributed by atoms with Crippen LogP contribution in [0.4, 0.5) is 10.1 Å². The SMILES string of the molecule is COCC(=O)OC1(C(=O)S)CCC2C3CCC4=CC(=Nc5ccc(F)cc5)C(=CN)CC4(C)C3C(O)CC21C. The Hall–Kier alpha value is -2.49. The summed E-state index contributed by atoms with van der Waals surface area (Å²) in [5.74, 6) is -0.763. The summed E-state index contributed by atoms with van der Waals surface area (Å²) in [6, 6.07) is 6.05. The van der Waals surface area contributed by atoms with E-state index in [1.54, 1.807) is 18.3 Å². The van der Waals surface area contributed by atoms with Crippen LogP contribution in [-0.4, -0.2) is 47.3 Å². The molecule has 0 spiro atoms. The van der Waals surface area contributed by atoms with Crippen LogP contribution >= 0.6 is 12.6 Å². The summed E-state index contributed by atoms with van der Waals surface area (Å²) in [7, 11) is 1.41. The average Bonchev–Trinajstić information content (AvgIpc) is 3.17.